The SMILES string of the molecule is COc1c(F)c(F)c(C(=O)Nc2cccc(-c3nc4cc(C)cc(C)c4o3)c2)c(F)c1F. The highest BCUT2D eigenvalue weighted by Crippen LogP contribution is 2.31. The van der Waals surface area contributed by atoms with Crippen molar-refractivity contribution in [3.05, 3.63) is 76.4 Å². The van der Waals surface area contributed by atoms with Crippen LogP contribution in [0.1, 0.15) is 21.5 Å². The third-order valence-electron chi connectivity index (χ3n) is 4.84. The number of rotatable bonds is 4. The molecular weight excluding hydrogens is 428 g/mol. The highest BCUT2D eigenvalue weighted by molar-refractivity contribution is 6.05. The Labute approximate surface area is 179 Å². The van der Waals surface area contributed by atoms with Crippen LogP contribution in [0, 0.1) is 37.1 Å². The molecule has 164 valence electrons. The summed E-state index contributed by atoms with van der Waals surface area (Å²) in [4.78, 5) is 16.9. The standard InChI is InChI=1S/C23H16F4N2O3/c1-10-7-11(2)20-14(8-10)29-23(32-20)12-5-4-6-13(9-12)28-22(30)15-16(24)18(26)21(31-3)19(27)17(15)25/h4-9H,1-3H3,(H,28,30). The molecule has 9 heteroatoms. The Kier molecular flexibility index (Phi) is 5.33. The van der Waals surface area contributed by atoms with Crippen LogP contribution >= 0.6 is 0 Å². The second-order valence-corrected chi connectivity index (χ2v) is 7.15. The minimum Gasteiger partial charge on any atom is -0.491 e. The van der Waals surface area contributed by atoms with E-state index < -0.39 is 40.5 Å². The lowest BCUT2D eigenvalue weighted by Crippen LogP contribution is -2.18. The molecule has 32 heavy (non-hydrogen) atoms. The summed E-state index contributed by atoms with van der Waals surface area (Å²) in [5.41, 5.74) is 2.35. The van der Waals surface area contributed by atoms with E-state index >= 15 is 0 Å². The summed E-state index contributed by atoms with van der Waals surface area (Å²) in [6.45, 7) is 3.82. The number of aromatic nitrogens is 1. The highest BCUT2D eigenvalue weighted by Gasteiger charge is 2.30. The van der Waals surface area contributed by atoms with Crippen LogP contribution < -0.4 is 10.1 Å². The van der Waals surface area contributed by atoms with E-state index in [1.807, 2.05) is 26.0 Å². The lowest BCUT2D eigenvalue weighted by atomic mass is 10.1. The van der Waals surface area contributed by atoms with Crippen LogP contribution in [0.15, 0.2) is 40.8 Å². The lowest BCUT2D eigenvalue weighted by molar-refractivity contribution is 0.101. The van der Waals surface area contributed by atoms with Gasteiger partial charge in [-0.25, -0.2) is 13.8 Å². The Balaban J connectivity index is 1.69. The summed E-state index contributed by atoms with van der Waals surface area (Å²) in [5.74, 6) is -9.69. The molecule has 0 unspecified atom stereocenters. The number of benzene rings is 3. The fourth-order valence-electron chi connectivity index (χ4n) is 3.41. The van der Waals surface area contributed by atoms with Gasteiger partial charge in [-0.1, -0.05) is 12.1 Å². The molecule has 0 radical (unpaired) electrons. The maximum atomic E-state index is 14.2. The first-order valence-electron chi connectivity index (χ1n) is 9.40. The van der Waals surface area contributed by atoms with Gasteiger partial charge in [0, 0.05) is 11.3 Å². The number of methoxy groups -OCH3 is 1. The Morgan fingerprint density at radius 3 is 2.34 bits per heavy atom. The number of amides is 1. The van der Waals surface area contributed by atoms with Crippen molar-refractivity contribution in [1.82, 2.24) is 4.98 Å². The summed E-state index contributed by atoms with van der Waals surface area (Å²) >= 11 is 0. The highest BCUT2D eigenvalue weighted by atomic mass is 19.2. The van der Waals surface area contributed by atoms with Gasteiger partial charge in [0.1, 0.15) is 11.1 Å². The summed E-state index contributed by atoms with van der Waals surface area (Å²) < 4.78 is 66.5. The summed E-state index contributed by atoms with van der Waals surface area (Å²) in [7, 11) is 0.848. The van der Waals surface area contributed by atoms with Crippen molar-refractivity contribution in [3.8, 4) is 17.2 Å². The van der Waals surface area contributed by atoms with E-state index in [4.69, 9.17) is 4.42 Å². The van der Waals surface area contributed by atoms with Crippen molar-refractivity contribution in [3.63, 3.8) is 0 Å². The van der Waals surface area contributed by atoms with E-state index in [-0.39, 0.29) is 11.6 Å². The molecule has 4 aromatic rings. The molecule has 0 aliphatic rings. The van der Waals surface area contributed by atoms with E-state index in [1.165, 1.54) is 12.1 Å². The summed E-state index contributed by atoms with van der Waals surface area (Å²) in [6, 6.07) is 9.92. The largest absolute Gasteiger partial charge is 0.491 e. The molecule has 1 N–H and O–H groups in total. The maximum Gasteiger partial charge on any atom is 0.261 e. The molecule has 0 spiro atoms. The van der Waals surface area contributed by atoms with Crippen LogP contribution in [0.5, 0.6) is 5.75 Å². The number of oxazole rings is 1. The van der Waals surface area contributed by atoms with E-state index in [0.717, 1.165) is 18.2 Å². The number of ether oxygens (including phenoxy) is 1. The number of aryl methyl sites for hydroxylation is 2. The van der Waals surface area contributed by atoms with E-state index in [2.05, 4.69) is 15.0 Å². The number of hydrogen-bond acceptors (Lipinski definition) is 4. The van der Waals surface area contributed by atoms with Crippen LogP contribution in [0.4, 0.5) is 23.2 Å². The Bertz CT molecular complexity index is 1350. The van der Waals surface area contributed by atoms with Gasteiger partial charge in [0.05, 0.1) is 7.11 Å². The maximum absolute atomic E-state index is 14.2. The van der Waals surface area contributed by atoms with Gasteiger partial charge in [0.25, 0.3) is 5.91 Å². The number of nitrogens with zero attached hydrogens (tertiary/aromatic N) is 1. The Hall–Kier alpha value is -3.88. The average Bonchev–Trinajstić information content (AvgIpc) is 3.18. The zero-order valence-electron chi connectivity index (χ0n) is 17.1. The van der Waals surface area contributed by atoms with Crippen molar-refractivity contribution in [2.45, 2.75) is 13.8 Å². The molecule has 5 nitrogen and oxygen atoms in total. The lowest BCUT2D eigenvalue weighted by Gasteiger charge is -2.11. The van der Waals surface area contributed by atoms with Crippen LogP contribution in [-0.4, -0.2) is 18.0 Å². The van der Waals surface area contributed by atoms with Crippen molar-refractivity contribution in [2.75, 3.05) is 12.4 Å². The van der Waals surface area contributed by atoms with Gasteiger partial charge in [-0.05, 0) is 49.2 Å². The van der Waals surface area contributed by atoms with Gasteiger partial charge in [-0.2, -0.15) is 8.78 Å². The Morgan fingerprint density at radius 1 is 1.00 bits per heavy atom. The molecular formula is C23H16F4N2O3. The van der Waals surface area contributed by atoms with Crippen LogP contribution in [-0.2, 0) is 0 Å². The zero-order valence-corrected chi connectivity index (χ0v) is 17.1. The first-order chi connectivity index (χ1) is 15.2. The number of fused-ring (bicyclic) bond motifs is 1. The zero-order chi connectivity index (χ0) is 23.2. The van der Waals surface area contributed by atoms with Crippen molar-refractivity contribution >= 4 is 22.7 Å². The number of hydrogen-bond donors (Lipinski definition) is 1. The Morgan fingerprint density at radius 2 is 1.69 bits per heavy atom. The second-order valence-electron chi connectivity index (χ2n) is 7.15. The number of anilines is 1. The van der Waals surface area contributed by atoms with E-state index in [9.17, 15) is 22.4 Å². The second kappa shape index (κ2) is 7.99. The molecule has 3 aromatic carbocycles. The predicted octanol–water partition coefficient (Wildman–Crippen LogP) is 5.93. The molecule has 1 heterocycles. The molecule has 0 saturated heterocycles. The molecule has 4 rings (SSSR count). The molecule has 0 saturated carbocycles. The minimum absolute atomic E-state index is 0.109. The van der Waals surface area contributed by atoms with Crippen molar-refractivity contribution < 1.29 is 31.5 Å². The van der Waals surface area contributed by atoms with Crippen LogP contribution in [0.2, 0.25) is 0 Å². The van der Waals surface area contributed by atoms with E-state index in [0.29, 0.717) is 16.7 Å². The fourth-order valence-corrected chi connectivity index (χ4v) is 3.41. The van der Waals surface area contributed by atoms with Gasteiger partial charge < -0.3 is 14.5 Å². The summed E-state index contributed by atoms with van der Waals surface area (Å²) in [5, 5.41) is 2.23. The average molecular weight is 444 g/mol. The molecule has 0 aliphatic heterocycles. The molecule has 1 amide bonds. The van der Waals surface area contributed by atoms with Crippen molar-refractivity contribution in [1.29, 1.82) is 0 Å². The van der Waals surface area contributed by atoms with Crippen LogP contribution in [0.25, 0.3) is 22.6 Å². The van der Waals surface area contributed by atoms with Gasteiger partial charge in [0.2, 0.25) is 17.5 Å². The monoisotopic (exact) mass is 444 g/mol. The van der Waals surface area contributed by atoms with Gasteiger partial charge in [-0.15, -0.1) is 0 Å². The number of nitrogens with one attached hydrogen (secondary N) is 1. The van der Waals surface area contributed by atoms with Gasteiger partial charge >= 0.3 is 0 Å². The van der Waals surface area contributed by atoms with E-state index in [1.54, 1.807) is 12.1 Å². The molecule has 0 aliphatic carbocycles. The first kappa shape index (κ1) is 21.4. The smallest absolute Gasteiger partial charge is 0.261 e. The quantitative estimate of drug-likeness (QED) is 0.313. The number of carbonyl (C=O) groups is 1. The first-order valence-corrected chi connectivity index (χ1v) is 9.40. The third-order valence-corrected chi connectivity index (χ3v) is 4.84. The van der Waals surface area contributed by atoms with Gasteiger partial charge in [0.15, 0.2) is 23.0 Å². The molecule has 0 bridgehead atoms. The minimum atomic E-state index is -1.86. The molecule has 0 fully saturated rings. The fraction of sp³-hybridized carbons (Fsp3) is 0.130. The van der Waals surface area contributed by atoms with Crippen LogP contribution in [0.3, 0.4) is 0 Å². The normalized spacial score (nSPS) is 11.1. The predicted molar refractivity (Wildman–Crippen MR) is 110 cm³/mol. The number of halogens is 4. The topological polar surface area (TPSA) is 64.4 Å². The molecule has 0 atom stereocenters. The van der Waals surface area contributed by atoms with Crippen molar-refractivity contribution in [2.24, 2.45) is 0 Å². The summed E-state index contributed by atoms with van der Waals surface area (Å²) in [6.07, 6.45) is 0. The van der Waals surface area contributed by atoms with Gasteiger partial charge in [-0.3, -0.25) is 4.79 Å². The third kappa shape index (κ3) is 3.55. The molecule has 1 aromatic heterocycles. The number of carbonyl (C=O) groups excluding carboxylic acids is 1.